The molecule has 2 aromatic carbocycles. The zero-order valence-corrected chi connectivity index (χ0v) is 13.4. The van der Waals surface area contributed by atoms with E-state index in [-0.39, 0.29) is 11.0 Å². The summed E-state index contributed by atoms with van der Waals surface area (Å²) in [4.78, 5) is 0.628. The van der Waals surface area contributed by atoms with Crippen LogP contribution in [0.1, 0.15) is 11.1 Å². The fourth-order valence-electron chi connectivity index (χ4n) is 2.19. The minimum Gasteiger partial charge on any atom is -0.491 e. The van der Waals surface area contributed by atoms with Crippen LogP contribution >= 0.6 is 0 Å². The van der Waals surface area contributed by atoms with Crippen molar-refractivity contribution in [3.8, 4) is 5.75 Å². The molecular formula is C17H18O4S. The number of hydrogen-bond acceptors (Lipinski definition) is 4. The number of hydrogen-bond donors (Lipinski definition) is 0. The van der Waals surface area contributed by atoms with Crippen molar-refractivity contribution < 1.29 is 17.9 Å². The van der Waals surface area contributed by atoms with Crippen molar-refractivity contribution in [3.63, 3.8) is 0 Å². The number of rotatable bonds is 5. The van der Waals surface area contributed by atoms with Crippen LogP contribution in [-0.2, 0) is 14.6 Å². The van der Waals surface area contributed by atoms with E-state index in [1.807, 2.05) is 19.1 Å². The summed E-state index contributed by atoms with van der Waals surface area (Å²) in [5.74, 6) is 0.649. The Hall–Kier alpha value is -1.85. The van der Waals surface area contributed by atoms with Gasteiger partial charge in [-0.05, 0) is 55.3 Å². The van der Waals surface area contributed by atoms with Gasteiger partial charge in [-0.25, -0.2) is 8.42 Å². The van der Waals surface area contributed by atoms with Crippen LogP contribution in [0.5, 0.6) is 5.75 Å². The van der Waals surface area contributed by atoms with E-state index in [2.05, 4.69) is 0 Å². The first kappa shape index (κ1) is 15.1. The molecule has 0 saturated carbocycles. The summed E-state index contributed by atoms with van der Waals surface area (Å²) < 4.78 is 36.1. The van der Waals surface area contributed by atoms with Gasteiger partial charge < -0.3 is 9.47 Å². The summed E-state index contributed by atoms with van der Waals surface area (Å²) in [5.41, 5.74) is 1.67. The molecule has 3 rings (SSSR count). The Labute approximate surface area is 130 Å². The lowest BCUT2D eigenvalue weighted by Gasteiger charge is -2.10. The highest BCUT2D eigenvalue weighted by Crippen LogP contribution is 2.26. The molecular weight excluding hydrogens is 300 g/mol. The molecule has 0 aromatic heterocycles. The van der Waals surface area contributed by atoms with Crippen LogP contribution in [0.4, 0.5) is 0 Å². The molecule has 22 heavy (non-hydrogen) atoms. The SMILES string of the molecule is Cc1ccc(C)c(S(=O)(=O)c2ccc(OCC3CO3)cc2)c1. The fourth-order valence-corrected chi connectivity index (χ4v) is 3.77. The maximum Gasteiger partial charge on any atom is 0.206 e. The van der Waals surface area contributed by atoms with Crippen LogP contribution in [-0.4, -0.2) is 27.7 Å². The molecule has 5 heteroatoms. The second kappa shape index (κ2) is 5.74. The second-order valence-electron chi connectivity index (χ2n) is 5.51. The summed E-state index contributed by atoms with van der Waals surface area (Å²) in [5, 5.41) is 0. The van der Waals surface area contributed by atoms with Crippen LogP contribution in [0.2, 0.25) is 0 Å². The number of benzene rings is 2. The Bertz CT molecular complexity index is 775. The van der Waals surface area contributed by atoms with E-state index < -0.39 is 9.84 Å². The van der Waals surface area contributed by atoms with Gasteiger partial charge in [0.05, 0.1) is 16.4 Å². The minimum atomic E-state index is -3.51. The van der Waals surface area contributed by atoms with E-state index in [1.54, 1.807) is 37.3 Å². The maximum atomic E-state index is 12.7. The Kier molecular flexibility index (Phi) is 3.93. The normalized spacial score (nSPS) is 17.3. The van der Waals surface area contributed by atoms with E-state index in [0.717, 1.165) is 17.7 Å². The average molecular weight is 318 g/mol. The first-order chi connectivity index (χ1) is 10.5. The van der Waals surface area contributed by atoms with Crippen LogP contribution in [0, 0.1) is 13.8 Å². The summed E-state index contributed by atoms with van der Waals surface area (Å²) in [6.45, 7) is 4.93. The topological polar surface area (TPSA) is 55.9 Å². The summed E-state index contributed by atoms with van der Waals surface area (Å²) >= 11 is 0. The van der Waals surface area contributed by atoms with Gasteiger partial charge in [0.2, 0.25) is 9.84 Å². The van der Waals surface area contributed by atoms with Crippen LogP contribution < -0.4 is 4.74 Å². The van der Waals surface area contributed by atoms with Crippen molar-refractivity contribution in [2.45, 2.75) is 29.7 Å². The molecule has 1 unspecified atom stereocenters. The molecule has 0 amide bonds. The highest BCUT2D eigenvalue weighted by molar-refractivity contribution is 7.91. The van der Waals surface area contributed by atoms with Gasteiger partial charge in [0.1, 0.15) is 18.5 Å². The predicted molar refractivity (Wildman–Crippen MR) is 83.0 cm³/mol. The highest BCUT2D eigenvalue weighted by Gasteiger charge is 2.23. The molecule has 0 spiro atoms. The van der Waals surface area contributed by atoms with E-state index in [1.165, 1.54) is 0 Å². The number of aryl methyl sites for hydroxylation is 2. The fraction of sp³-hybridized carbons (Fsp3) is 0.294. The molecule has 1 aliphatic heterocycles. The molecule has 2 aromatic rings. The Balaban J connectivity index is 1.86. The van der Waals surface area contributed by atoms with Gasteiger partial charge in [0.25, 0.3) is 0 Å². The van der Waals surface area contributed by atoms with Gasteiger partial charge in [0, 0.05) is 0 Å². The first-order valence-electron chi connectivity index (χ1n) is 7.13. The lowest BCUT2D eigenvalue weighted by Crippen LogP contribution is -2.06. The Morgan fingerprint density at radius 3 is 2.45 bits per heavy atom. The maximum absolute atomic E-state index is 12.7. The third kappa shape index (κ3) is 3.15. The Morgan fingerprint density at radius 2 is 1.82 bits per heavy atom. The van der Waals surface area contributed by atoms with Gasteiger partial charge in [0.15, 0.2) is 0 Å². The van der Waals surface area contributed by atoms with E-state index in [4.69, 9.17) is 9.47 Å². The lowest BCUT2D eigenvalue weighted by molar-refractivity contribution is 0.263. The summed E-state index contributed by atoms with van der Waals surface area (Å²) in [7, 11) is -3.51. The lowest BCUT2D eigenvalue weighted by atomic mass is 10.2. The average Bonchev–Trinajstić information content (AvgIpc) is 3.32. The monoisotopic (exact) mass is 318 g/mol. The number of ether oxygens (including phenoxy) is 2. The zero-order valence-electron chi connectivity index (χ0n) is 12.6. The first-order valence-corrected chi connectivity index (χ1v) is 8.62. The molecule has 0 aliphatic carbocycles. The van der Waals surface area contributed by atoms with Crippen molar-refractivity contribution in [2.75, 3.05) is 13.2 Å². The van der Waals surface area contributed by atoms with Gasteiger partial charge >= 0.3 is 0 Å². The van der Waals surface area contributed by atoms with Gasteiger partial charge in [-0.15, -0.1) is 0 Å². The molecule has 0 bridgehead atoms. The molecule has 1 heterocycles. The quantitative estimate of drug-likeness (QED) is 0.795. The van der Waals surface area contributed by atoms with Gasteiger partial charge in [-0.1, -0.05) is 12.1 Å². The van der Waals surface area contributed by atoms with E-state index in [0.29, 0.717) is 17.3 Å². The largest absolute Gasteiger partial charge is 0.491 e. The molecule has 116 valence electrons. The molecule has 4 nitrogen and oxygen atoms in total. The van der Waals surface area contributed by atoms with Crippen molar-refractivity contribution >= 4 is 9.84 Å². The molecule has 1 fully saturated rings. The number of sulfone groups is 1. The minimum absolute atomic E-state index is 0.179. The van der Waals surface area contributed by atoms with Crippen molar-refractivity contribution in [1.29, 1.82) is 0 Å². The van der Waals surface area contributed by atoms with Crippen LogP contribution in [0.25, 0.3) is 0 Å². The van der Waals surface area contributed by atoms with Crippen LogP contribution in [0.3, 0.4) is 0 Å². The molecule has 0 N–H and O–H groups in total. The van der Waals surface area contributed by atoms with Crippen molar-refractivity contribution in [1.82, 2.24) is 0 Å². The number of epoxide rings is 1. The smallest absolute Gasteiger partial charge is 0.206 e. The van der Waals surface area contributed by atoms with E-state index in [9.17, 15) is 8.42 Å². The summed E-state index contributed by atoms with van der Waals surface area (Å²) in [6, 6.07) is 12.0. The van der Waals surface area contributed by atoms with E-state index >= 15 is 0 Å². The second-order valence-corrected chi connectivity index (χ2v) is 7.43. The highest BCUT2D eigenvalue weighted by atomic mass is 32.2. The zero-order chi connectivity index (χ0) is 15.7. The molecule has 1 atom stereocenters. The van der Waals surface area contributed by atoms with Gasteiger partial charge in [-0.2, -0.15) is 0 Å². The standard InChI is InChI=1S/C17H18O4S/c1-12-3-4-13(2)17(9-12)22(18,19)16-7-5-14(6-8-16)20-10-15-11-21-15/h3-9,15H,10-11H2,1-2H3. The van der Waals surface area contributed by atoms with Crippen LogP contribution in [0.15, 0.2) is 52.3 Å². The third-order valence-electron chi connectivity index (χ3n) is 3.61. The molecule has 1 saturated heterocycles. The van der Waals surface area contributed by atoms with Crippen molar-refractivity contribution in [3.05, 3.63) is 53.6 Å². The molecule has 1 aliphatic rings. The third-order valence-corrected chi connectivity index (χ3v) is 5.52. The summed E-state index contributed by atoms with van der Waals surface area (Å²) in [6.07, 6.45) is 0.179. The Morgan fingerprint density at radius 1 is 1.14 bits per heavy atom. The van der Waals surface area contributed by atoms with Gasteiger partial charge in [-0.3, -0.25) is 0 Å². The predicted octanol–water partition coefficient (Wildman–Crippen LogP) is 2.91. The van der Waals surface area contributed by atoms with Crippen molar-refractivity contribution in [2.24, 2.45) is 0 Å². The molecule has 0 radical (unpaired) electrons.